The van der Waals surface area contributed by atoms with Crippen molar-refractivity contribution in [1.82, 2.24) is 4.90 Å². The molecular formula is C22H28N2O3. The minimum Gasteiger partial charge on any atom is -0.478 e. The summed E-state index contributed by atoms with van der Waals surface area (Å²) in [5.74, 6) is -1.02. The molecule has 2 aromatic carbocycles. The second-order valence-electron chi connectivity index (χ2n) is 7.38. The summed E-state index contributed by atoms with van der Waals surface area (Å²) in [5, 5.41) is 12.9. The van der Waals surface area contributed by atoms with Crippen molar-refractivity contribution in [3.8, 4) is 0 Å². The lowest BCUT2D eigenvalue weighted by molar-refractivity contribution is 0.0696. The van der Waals surface area contributed by atoms with E-state index in [2.05, 4.69) is 37.8 Å². The fourth-order valence-corrected chi connectivity index (χ4v) is 3.63. The molecule has 1 unspecified atom stereocenters. The second kappa shape index (κ2) is 8.91. The van der Waals surface area contributed by atoms with Crippen LogP contribution in [0.2, 0.25) is 0 Å². The van der Waals surface area contributed by atoms with Crippen molar-refractivity contribution in [1.29, 1.82) is 0 Å². The molecule has 0 aliphatic carbocycles. The Labute approximate surface area is 161 Å². The summed E-state index contributed by atoms with van der Waals surface area (Å²) in [4.78, 5) is 26.0. The molecule has 0 spiro atoms. The van der Waals surface area contributed by atoms with E-state index in [9.17, 15) is 14.8 Å². The summed E-state index contributed by atoms with van der Waals surface area (Å²) in [6.45, 7) is 9.19. The lowest BCUT2D eigenvalue weighted by Gasteiger charge is -2.35. The molecule has 27 heavy (non-hydrogen) atoms. The standard InChI is InChI=1S/C22H28N2O3/c1-16(2)24(17(3)4)14-13-22(23-27,19-10-6-5-7-11-19)20-12-8-9-18(15-20)21(25)26/h5-12,15-17H,13-14H2,1-4H3,(H,25,26). The van der Waals surface area contributed by atoms with Crippen LogP contribution in [0, 0.1) is 4.91 Å². The number of hydrogen-bond acceptors (Lipinski definition) is 4. The van der Waals surface area contributed by atoms with E-state index >= 15 is 0 Å². The van der Waals surface area contributed by atoms with Crippen LogP contribution in [0.4, 0.5) is 0 Å². The zero-order valence-electron chi connectivity index (χ0n) is 16.4. The van der Waals surface area contributed by atoms with Gasteiger partial charge in [0.25, 0.3) is 0 Å². The molecule has 0 aliphatic heterocycles. The fraction of sp³-hybridized carbons (Fsp3) is 0.409. The number of carboxylic acid groups (broad SMARTS) is 1. The number of hydrogen-bond donors (Lipinski definition) is 1. The molecule has 2 rings (SSSR count). The van der Waals surface area contributed by atoms with E-state index in [0.717, 1.165) is 5.56 Å². The summed E-state index contributed by atoms with van der Waals surface area (Å²) in [6, 6.07) is 16.6. The highest BCUT2D eigenvalue weighted by atomic mass is 16.4. The number of nitrogens with zero attached hydrogens (tertiary/aromatic N) is 2. The highest BCUT2D eigenvalue weighted by molar-refractivity contribution is 5.87. The van der Waals surface area contributed by atoms with Gasteiger partial charge in [-0.25, -0.2) is 4.79 Å². The summed E-state index contributed by atoms with van der Waals surface area (Å²) in [6.07, 6.45) is 0.472. The maximum atomic E-state index is 12.2. The van der Waals surface area contributed by atoms with Gasteiger partial charge in [-0.05, 0) is 57.4 Å². The zero-order valence-corrected chi connectivity index (χ0v) is 16.4. The molecule has 2 aromatic rings. The van der Waals surface area contributed by atoms with E-state index in [1.165, 1.54) is 6.07 Å². The number of benzene rings is 2. The predicted octanol–water partition coefficient (Wildman–Crippen LogP) is 4.90. The Hall–Kier alpha value is -2.53. The zero-order chi connectivity index (χ0) is 20.0. The van der Waals surface area contributed by atoms with Crippen LogP contribution >= 0.6 is 0 Å². The lowest BCUT2D eigenvalue weighted by Crippen LogP contribution is -2.40. The molecule has 0 amide bonds. The number of carboxylic acids is 1. The van der Waals surface area contributed by atoms with Crippen molar-refractivity contribution in [3.63, 3.8) is 0 Å². The van der Waals surface area contributed by atoms with Crippen molar-refractivity contribution >= 4 is 5.97 Å². The first kappa shape index (κ1) is 20.8. The van der Waals surface area contributed by atoms with Crippen LogP contribution in [0.3, 0.4) is 0 Å². The van der Waals surface area contributed by atoms with E-state index in [-0.39, 0.29) is 5.56 Å². The summed E-state index contributed by atoms with van der Waals surface area (Å²) in [7, 11) is 0. The molecule has 144 valence electrons. The van der Waals surface area contributed by atoms with E-state index in [4.69, 9.17) is 0 Å². The fourth-order valence-electron chi connectivity index (χ4n) is 3.63. The van der Waals surface area contributed by atoms with Crippen LogP contribution in [0.15, 0.2) is 59.8 Å². The van der Waals surface area contributed by atoms with Crippen molar-refractivity contribution in [2.24, 2.45) is 5.18 Å². The average molecular weight is 368 g/mol. The average Bonchev–Trinajstić information content (AvgIpc) is 2.65. The minimum absolute atomic E-state index is 0.154. The summed E-state index contributed by atoms with van der Waals surface area (Å²) >= 11 is 0. The van der Waals surface area contributed by atoms with Gasteiger partial charge in [0.05, 0.1) is 5.56 Å². The molecule has 0 aromatic heterocycles. The smallest absolute Gasteiger partial charge is 0.335 e. The topological polar surface area (TPSA) is 70.0 Å². The molecule has 1 N–H and O–H groups in total. The van der Waals surface area contributed by atoms with Crippen LogP contribution in [-0.4, -0.2) is 34.6 Å². The number of carbonyl (C=O) groups is 1. The van der Waals surface area contributed by atoms with Gasteiger partial charge in [0, 0.05) is 18.6 Å². The van der Waals surface area contributed by atoms with Gasteiger partial charge in [-0.2, -0.15) is 0 Å². The largest absolute Gasteiger partial charge is 0.478 e. The number of rotatable bonds is 9. The Morgan fingerprint density at radius 1 is 1.00 bits per heavy atom. The quantitative estimate of drug-likeness (QED) is 0.639. The first-order chi connectivity index (χ1) is 12.8. The van der Waals surface area contributed by atoms with Crippen LogP contribution < -0.4 is 0 Å². The Morgan fingerprint density at radius 3 is 2.11 bits per heavy atom. The van der Waals surface area contributed by atoms with Gasteiger partial charge < -0.3 is 5.11 Å². The molecule has 0 saturated carbocycles. The number of nitroso groups, excluding NO2 is 1. The Balaban J connectivity index is 2.53. The van der Waals surface area contributed by atoms with Crippen molar-refractivity contribution in [3.05, 3.63) is 76.2 Å². The van der Waals surface area contributed by atoms with Gasteiger partial charge in [-0.3, -0.25) is 4.90 Å². The molecule has 0 fully saturated rings. The van der Waals surface area contributed by atoms with Gasteiger partial charge in [0.1, 0.15) is 0 Å². The van der Waals surface area contributed by atoms with E-state index in [0.29, 0.717) is 30.6 Å². The molecule has 0 radical (unpaired) electrons. The van der Waals surface area contributed by atoms with Gasteiger partial charge in [-0.15, -0.1) is 4.91 Å². The van der Waals surface area contributed by atoms with Crippen LogP contribution in [0.1, 0.15) is 55.6 Å². The maximum Gasteiger partial charge on any atom is 0.335 e. The van der Waals surface area contributed by atoms with Crippen molar-refractivity contribution in [2.75, 3.05) is 6.54 Å². The van der Waals surface area contributed by atoms with Crippen molar-refractivity contribution in [2.45, 2.75) is 51.7 Å². The predicted molar refractivity (Wildman–Crippen MR) is 108 cm³/mol. The van der Waals surface area contributed by atoms with Crippen LogP contribution in [0.25, 0.3) is 0 Å². The van der Waals surface area contributed by atoms with Crippen LogP contribution in [-0.2, 0) is 5.54 Å². The first-order valence-corrected chi connectivity index (χ1v) is 9.31. The first-order valence-electron chi connectivity index (χ1n) is 9.31. The van der Waals surface area contributed by atoms with Gasteiger partial charge in [-0.1, -0.05) is 47.6 Å². The molecular weight excluding hydrogens is 340 g/mol. The molecule has 0 saturated heterocycles. The monoisotopic (exact) mass is 368 g/mol. The van der Waals surface area contributed by atoms with E-state index in [1.807, 2.05) is 30.3 Å². The maximum absolute atomic E-state index is 12.2. The second-order valence-corrected chi connectivity index (χ2v) is 7.38. The minimum atomic E-state index is -1.13. The summed E-state index contributed by atoms with van der Waals surface area (Å²) < 4.78 is 0. The SMILES string of the molecule is CC(C)N(CCC(N=O)(c1ccccc1)c1cccc(C(=O)O)c1)C(C)C. The third kappa shape index (κ3) is 4.61. The molecule has 0 aliphatic rings. The third-order valence-corrected chi connectivity index (χ3v) is 5.05. The molecule has 5 nitrogen and oxygen atoms in total. The van der Waals surface area contributed by atoms with Crippen molar-refractivity contribution < 1.29 is 9.90 Å². The highest BCUT2D eigenvalue weighted by Gasteiger charge is 2.37. The van der Waals surface area contributed by atoms with Gasteiger partial charge >= 0.3 is 5.97 Å². The molecule has 0 bridgehead atoms. The molecule has 5 heteroatoms. The Kier molecular flexibility index (Phi) is 6.86. The van der Waals surface area contributed by atoms with E-state index in [1.54, 1.807) is 18.2 Å². The highest BCUT2D eigenvalue weighted by Crippen LogP contribution is 2.38. The number of aromatic carboxylic acids is 1. The summed E-state index contributed by atoms with van der Waals surface area (Å²) in [5.41, 5.74) is 0.404. The lowest BCUT2D eigenvalue weighted by atomic mass is 9.80. The molecule has 1 atom stereocenters. The third-order valence-electron chi connectivity index (χ3n) is 5.05. The van der Waals surface area contributed by atoms with E-state index < -0.39 is 11.5 Å². The van der Waals surface area contributed by atoms with Gasteiger partial charge in [0.15, 0.2) is 5.54 Å². The van der Waals surface area contributed by atoms with Gasteiger partial charge in [0.2, 0.25) is 0 Å². The Morgan fingerprint density at radius 2 is 1.59 bits per heavy atom. The normalized spacial score (nSPS) is 13.7. The molecule has 0 heterocycles. The van der Waals surface area contributed by atoms with Crippen LogP contribution in [0.5, 0.6) is 0 Å². The Bertz CT molecular complexity index is 766.